The second-order valence-corrected chi connectivity index (χ2v) is 6.29. The number of fused-ring (bicyclic) bond motifs is 1. The van der Waals surface area contributed by atoms with Crippen LogP contribution in [0.25, 0.3) is 22.7 Å². The van der Waals surface area contributed by atoms with E-state index in [-0.39, 0.29) is 24.0 Å². The highest BCUT2D eigenvalue weighted by Crippen LogP contribution is 2.17. The number of anilines is 1. The molecule has 0 radical (unpaired) electrons. The second kappa shape index (κ2) is 7.68. The number of rotatable bonds is 6. The molecule has 10 nitrogen and oxygen atoms in total. The number of hydrogen-bond acceptors (Lipinski definition) is 6. The van der Waals surface area contributed by atoms with Crippen LogP contribution in [0, 0.1) is 6.92 Å². The van der Waals surface area contributed by atoms with Crippen molar-refractivity contribution in [1.82, 2.24) is 29.5 Å². The molecule has 0 atom stereocenters. The molecule has 0 spiro atoms. The number of benzene rings is 1. The van der Waals surface area contributed by atoms with Gasteiger partial charge in [0.15, 0.2) is 5.65 Å². The van der Waals surface area contributed by atoms with Crippen LogP contribution in [0.3, 0.4) is 0 Å². The molecular weight excluding hydrogens is 374 g/mol. The molecule has 148 valence electrons. The van der Waals surface area contributed by atoms with E-state index in [0.717, 1.165) is 5.69 Å². The van der Waals surface area contributed by atoms with E-state index in [1.807, 2.05) is 30.3 Å². The summed E-state index contributed by atoms with van der Waals surface area (Å²) < 4.78 is 8.08. The molecule has 3 aromatic heterocycles. The summed E-state index contributed by atoms with van der Waals surface area (Å²) in [5.41, 5.74) is 1.45. The standard InChI is InChI=1S/C19H19N7O3/c1-3-29-11-16(27)21-15-9-12(2)24-26(15)19-22-17-14(18(28)23-19)10-20-25(17)13-7-5-4-6-8-13/h4-10H,3,11H2,1-2H3,(H,21,27)(H,22,23,28). The molecule has 0 aliphatic carbocycles. The maximum atomic E-state index is 12.6. The fourth-order valence-corrected chi connectivity index (χ4v) is 2.89. The zero-order chi connectivity index (χ0) is 20.4. The first-order valence-corrected chi connectivity index (χ1v) is 9.05. The number of amides is 1. The average molecular weight is 393 g/mol. The van der Waals surface area contributed by atoms with Crippen molar-refractivity contribution in [2.24, 2.45) is 0 Å². The Kier molecular flexibility index (Phi) is 4.92. The number of nitrogens with zero attached hydrogens (tertiary/aromatic N) is 5. The van der Waals surface area contributed by atoms with E-state index < -0.39 is 0 Å². The molecule has 4 rings (SSSR count). The molecule has 0 fully saturated rings. The number of ether oxygens (including phenoxy) is 1. The van der Waals surface area contributed by atoms with Gasteiger partial charge < -0.3 is 10.1 Å². The van der Waals surface area contributed by atoms with Crippen molar-refractivity contribution in [2.75, 3.05) is 18.5 Å². The van der Waals surface area contributed by atoms with Crippen LogP contribution >= 0.6 is 0 Å². The van der Waals surface area contributed by atoms with E-state index in [9.17, 15) is 9.59 Å². The van der Waals surface area contributed by atoms with Crippen LogP contribution in [0.15, 0.2) is 47.4 Å². The van der Waals surface area contributed by atoms with Crippen molar-refractivity contribution in [3.63, 3.8) is 0 Å². The van der Waals surface area contributed by atoms with Gasteiger partial charge in [-0.15, -0.1) is 0 Å². The van der Waals surface area contributed by atoms with Crippen molar-refractivity contribution in [1.29, 1.82) is 0 Å². The first kappa shape index (κ1) is 18.6. The van der Waals surface area contributed by atoms with E-state index in [4.69, 9.17) is 4.74 Å². The van der Waals surface area contributed by atoms with Crippen molar-refractivity contribution in [3.8, 4) is 11.6 Å². The number of carbonyl (C=O) groups excluding carboxylic acids is 1. The monoisotopic (exact) mass is 393 g/mol. The third-order valence-electron chi connectivity index (χ3n) is 4.16. The lowest BCUT2D eigenvalue weighted by Gasteiger charge is -2.09. The molecule has 10 heteroatoms. The van der Waals surface area contributed by atoms with Crippen LogP contribution < -0.4 is 10.9 Å². The van der Waals surface area contributed by atoms with Crippen LogP contribution in [0.2, 0.25) is 0 Å². The number of hydrogen-bond donors (Lipinski definition) is 2. The molecular formula is C19H19N7O3. The van der Waals surface area contributed by atoms with Gasteiger partial charge in [0.05, 0.1) is 17.6 Å². The lowest BCUT2D eigenvalue weighted by atomic mass is 10.3. The molecule has 29 heavy (non-hydrogen) atoms. The number of aromatic nitrogens is 6. The summed E-state index contributed by atoms with van der Waals surface area (Å²) in [7, 11) is 0. The molecule has 1 amide bonds. The van der Waals surface area contributed by atoms with Gasteiger partial charge in [0.25, 0.3) is 11.5 Å². The minimum atomic E-state index is -0.355. The van der Waals surface area contributed by atoms with E-state index in [1.54, 1.807) is 24.6 Å². The Bertz CT molecular complexity index is 1220. The lowest BCUT2D eigenvalue weighted by molar-refractivity contribution is -0.120. The molecule has 0 unspecified atom stereocenters. The van der Waals surface area contributed by atoms with Gasteiger partial charge in [-0.3, -0.25) is 14.6 Å². The molecule has 0 aliphatic heterocycles. The van der Waals surface area contributed by atoms with Gasteiger partial charge in [-0.05, 0) is 26.0 Å². The Labute approximate surface area is 165 Å². The van der Waals surface area contributed by atoms with Gasteiger partial charge in [0, 0.05) is 12.7 Å². The van der Waals surface area contributed by atoms with Gasteiger partial charge in [0.2, 0.25) is 5.95 Å². The molecule has 0 saturated heterocycles. The Hall–Kier alpha value is -3.79. The minimum absolute atomic E-state index is 0.0789. The summed E-state index contributed by atoms with van der Waals surface area (Å²) in [6.45, 7) is 3.94. The highest BCUT2D eigenvalue weighted by Gasteiger charge is 2.16. The maximum absolute atomic E-state index is 12.6. The minimum Gasteiger partial charge on any atom is -0.372 e. The van der Waals surface area contributed by atoms with Crippen molar-refractivity contribution >= 4 is 22.8 Å². The van der Waals surface area contributed by atoms with E-state index in [1.165, 1.54) is 10.9 Å². The van der Waals surface area contributed by atoms with E-state index in [0.29, 0.717) is 29.2 Å². The largest absolute Gasteiger partial charge is 0.372 e. The zero-order valence-electron chi connectivity index (χ0n) is 15.9. The normalized spacial score (nSPS) is 11.1. The predicted octanol–water partition coefficient (Wildman–Crippen LogP) is 1.58. The molecule has 1 aromatic carbocycles. The zero-order valence-corrected chi connectivity index (χ0v) is 15.9. The number of H-pyrrole nitrogens is 1. The van der Waals surface area contributed by atoms with Crippen LogP contribution in [-0.2, 0) is 9.53 Å². The first-order valence-electron chi connectivity index (χ1n) is 9.05. The maximum Gasteiger partial charge on any atom is 0.263 e. The number of nitrogens with one attached hydrogen (secondary N) is 2. The Morgan fingerprint density at radius 1 is 1.24 bits per heavy atom. The van der Waals surface area contributed by atoms with Crippen LogP contribution in [0.5, 0.6) is 0 Å². The molecule has 2 N–H and O–H groups in total. The van der Waals surface area contributed by atoms with Gasteiger partial charge in [-0.2, -0.15) is 19.9 Å². The molecule has 4 aromatic rings. The van der Waals surface area contributed by atoms with Gasteiger partial charge in [0.1, 0.15) is 17.8 Å². The van der Waals surface area contributed by atoms with Crippen LogP contribution in [0.4, 0.5) is 5.82 Å². The Morgan fingerprint density at radius 3 is 2.79 bits per heavy atom. The summed E-state index contributed by atoms with van der Waals surface area (Å²) >= 11 is 0. The number of aromatic amines is 1. The van der Waals surface area contributed by atoms with Crippen LogP contribution in [0.1, 0.15) is 12.6 Å². The second-order valence-electron chi connectivity index (χ2n) is 6.29. The SMILES string of the molecule is CCOCC(=O)Nc1cc(C)nn1-c1nc2c(cnn2-c2ccccc2)c(=O)[nH]1. The van der Waals surface area contributed by atoms with Gasteiger partial charge in [-0.25, -0.2) is 4.68 Å². The highest BCUT2D eigenvalue weighted by atomic mass is 16.5. The topological polar surface area (TPSA) is 120 Å². The summed E-state index contributed by atoms with van der Waals surface area (Å²) in [4.78, 5) is 31.9. The predicted molar refractivity (Wildman–Crippen MR) is 106 cm³/mol. The highest BCUT2D eigenvalue weighted by molar-refractivity contribution is 5.91. The quantitative estimate of drug-likeness (QED) is 0.513. The van der Waals surface area contributed by atoms with Crippen molar-refractivity contribution in [2.45, 2.75) is 13.8 Å². The first-order chi connectivity index (χ1) is 14.1. The average Bonchev–Trinajstić information content (AvgIpc) is 3.30. The number of para-hydroxylation sites is 1. The molecule has 0 saturated carbocycles. The number of aryl methyl sites for hydroxylation is 1. The Morgan fingerprint density at radius 2 is 2.03 bits per heavy atom. The smallest absolute Gasteiger partial charge is 0.263 e. The van der Waals surface area contributed by atoms with Crippen molar-refractivity contribution < 1.29 is 9.53 Å². The summed E-state index contributed by atoms with van der Waals surface area (Å²) in [5.74, 6) is 0.214. The molecule has 0 bridgehead atoms. The van der Waals surface area contributed by atoms with E-state index in [2.05, 4.69) is 25.5 Å². The third kappa shape index (κ3) is 3.65. The Balaban J connectivity index is 1.79. The van der Waals surface area contributed by atoms with E-state index >= 15 is 0 Å². The fraction of sp³-hybridized carbons (Fsp3) is 0.211. The summed E-state index contributed by atoms with van der Waals surface area (Å²) in [5, 5.41) is 11.7. The fourth-order valence-electron chi connectivity index (χ4n) is 2.89. The molecule has 3 heterocycles. The van der Waals surface area contributed by atoms with Gasteiger partial charge in [-0.1, -0.05) is 18.2 Å². The molecule has 0 aliphatic rings. The van der Waals surface area contributed by atoms with Gasteiger partial charge >= 0.3 is 0 Å². The lowest BCUT2D eigenvalue weighted by Crippen LogP contribution is -2.22. The van der Waals surface area contributed by atoms with Crippen molar-refractivity contribution in [3.05, 3.63) is 58.6 Å². The third-order valence-corrected chi connectivity index (χ3v) is 4.16. The summed E-state index contributed by atoms with van der Waals surface area (Å²) in [6.07, 6.45) is 1.47. The number of carbonyl (C=O) groups is 1. The summed E-state index contributed by atoms with van der Waals surface area (Å²) in [6, 6.07) is 11.1. The van der Waals surface area contributed by atoms with Crippen LogP contribution in [-0.4, -0.2) is 48.6 Å².